The van der Waals surface area contributed by atoms with E-state index in [1.54, 1.807) is 23.3 Å². The molecule has 0 radical (unpaired) electrons. The van der Waals surface area contributed by atoms with E-state index in [-0.39, 0.29) is 17.5 Å². The van der Waals surface area contributed by atoms with Crippen molar-refractivity contribution in [3.05, 3.63) is 53.9 Å². The van der Waals surface area contributed by atoms with E-state index in [0.717, 1.165) is 6.07 Å². The van der Waals surface area contributed by atoms with Crippen LogP contribution in [0, 0.1) is 0 Å². The SMILES string of the molecule is C/C=C\C1C(NC(C)=O)N=C2C=CC(c3cnc(N)c(C(F)(F)F)c3)=CN21. The van der Waals surface area contributed by atoms with Crippen molar-refractivity contribution in [3.63, 3.8) is 0 Å². The Bertz CT molecular complexity index is 885. The molecule has 1 aromatic heterocycles. The molecule has 0 saturated carbocycles. The molecule has 3 heterocycles. The van der Waals surface area contributed by atoms with E-state index < -0.39 is 23.7 Å². The normalized spacial score (nSPS) is 21.9. The van der Waals surface area contributed by atoms with Crippen LogP contribution < -0.4 is 11.1 Å². The summed E-state index contributed by atoms with van der Waals surface area (Å²) in [6.07, 6.45) is 4.97. The van der Waals surface area contributed by atoms with Crippen molar-refractivity contribution in [2.24, 2.45) is 4.99 Å². The van der Waals surface area contributed by atoms with Gasteiger partial charge in [0.25, 0.3) is 0 Å². The van der Waals surface area contributed by atoms with E-state index in [1.807, 2.05) is 19.1 Å². The van der Waals surface area contributed by atoms with E-state index in [4.69, 9.17) is 5.73 Å². The molecule has 2 aliphatic rings. The zero-order chi connectivity index (χ0) is 19.8. The highest BCUT2D eigenvalue weighted by Gasteiger charge is 2.36. The van der Waals surface area contributed by atoms with Gasteiger partial charge in [0.2, 0.25) is 5.91 Å². The first-order chi connectivity index (χ1) is 12.7. The third-order valence-electron chi connectivity index (χ3n) is 4.17. The largest absolute Gasteiger partial charge is 0.419 e. The molecule has 0 spiro atoms. The van der Waals surface area contributed by atoms with Crippen LogP contribution in [-0.2, 0) is 11.0 Å². The average molecular weight is 377 g/mol. The molecule has 9 heteroatoms. The summed E-state index contributed by atoms with van der Waals surface area (Å²) in [7, 11) is 0. The van der Waals surface area contributed by atoms with Crippen molar-refractivity contribution in [1.29, 1.82) is 0 Å². The highest BCUT2D eigenvalue weighted by molar-refractivity contribution is 6.01. The summed E-state index contributed by atoms with van der Waals surface area (Å²) in [6, 6.07) is 0.699. The van der Waals surface area contributed by atoms with Crippen molar-refractivity contribution in [1.82, 2.24) is 15.2 Å². The topological polar surface area (TPSA) is 83.6 Å². The Morgan fingerprint density at radius 2 is 2.11 bits per heavy atom. The first kappa shape index (κ1) is 18.7. The summed E-state index contributed by atoms with van der Waals surface area (Å²) >= 11 is 0. The molecule has 3 N–H and O–H groups in total. The lowest BCUT2D eigenvalue weighted by Gasteiger charge is -2.27. The van der Waals surface area contributed by atoms with Crippen molar-refractivity contribution in [2.45, 2.75) is 32.2 Å². The van der Waals surface area contributed by atoms with Crippen molar-refractivity contribution < 1.29 is 18.0 Å². The van der Waals surface area contributed by atoms with Gasteiger partial charge in [-0.15, -0.1) is 0 Å². The minimum Gasteiger partial charge on any atom is -0.383 e. The summed E-state index contributed by atoms with van der Waals surface area (Å²) in [6.45, 7) is 3.24. The van der Waals surface area contributed by atoms with Gasteiger partial charge in [-0.25, -0.2) is 9.98 Å². The maximum absolute atomic E-state index is 13.1. The summed E-state index contributed by atoms with van der Waals surface area (Å²) in [5.41, 5.74) is 5.21. The molecule has 0 aliphatic carbocycles. The van der Waals surface area contributed by atoms with Crippen molar-refractivity contribution in [3.8, 4) is 0 Å². The molecule has 2 atom stereocenters. The fraction of sp³-hybridized carbons (Fsp3) is 0.278. The highest BCUT2D eigenvalue weighted by Crippen LogP contribution is 2.35. The molecule has 1 amide bonds. The molecule has 0 aromatic carbocycles. The van der Waals surface area contributed by atoms with Crippen LogP contribution in [0.3, 0.4) is 0 Å². The first-order valence-electron chi connectivity index (χ1n) is 8.19. The van der Waals surface area contributed by atoms with Gasteiger partial charge in [-0.05, 0) is 30.7 Å². The van der Waals surface area contributed by atoms with E-state index in [0.29, 0.717) is 11.4 Å². The second kappa shape index (κ2) is 6.90. The van der Waals surface area contributed by atoms with Gasteiger partial charge >= 0.3 is 6.18 Å². The number of carbonyl (C=O) groups is 1. The zero-order valence-corrected chi connectivity index (χ0v) is 14.7. The van der Waals surface area contributed by atoms with Crippen molar-refractivity contribution >= 4 is 23.1 Å². The summed E-state index contributed by atoms with van der Waals surface area (Å²) in [5.74, 6) is -0.169. The maximum atomic E-state index is 13.1. The predicted molar refractivity (Wildman–Crippen MR) is 96.2 cm³/mol. The molecule has 3 rings (SSSR count). The molecule has 0 fully saturated rings. The number of hydrogen-bond acceptors (Lipinski definition) is 5. The van der Waals surface area contributed by atoms with E-state index in [9.17, 15) is 18.0 Å². The fourth-order valence-corrected chi connectivity index (χ4v) is 2.98. The van der Waals surface area contributed by atoms with Gasteiger partial charge in [-0.1, -0.05) is 12.2 Å². The molecular formula is C18H18F3N5O. The molecule has 2 unspecified atom stereocenters. The molecule has 0 saturated heterocycles. The van der Waals surface area contributed by atoms with E-state index >= 15 is 0 Å². The Balaban J connectivity index is 1.97. The number of anilines is 1. The number of amides is 1. The fourth-order valence-electron chi connectivity index (χ4n) is 2.98. The summed E-state index contributed by atoms with van der Waals surface area (Å²) in [5, 5.41) is 2.76. The molecule has 142 valence electrons. The lowest BCUT2D eigenvalue weighted by molar-refractivity contribution is -0.137. The minimum atomic E-state index is -4.59. The maximum Gasteiger partial charge on any atom is 0.419 e. The third-order valence-corrected chi connectivity index (χ3v) is 4.17. The van der Waals surface area contributed by atoms with Crippen LogP contribution in [0.15, 0.2) is 47.8 Å². The minimum absolute atomic E-state index is 0.218. The molecule has 27 heavy (non-hydrogen) atoms. The Morgan fingerprint density at radius 1 is 1.37 bits per heavy atom. The molecule has 2 aliphatic heterocycles. The van der Waals surface area contributed by atoms with Gasteiger partial charge in [-0.2, -0.15) is 13.2 Å². The smallest absolute Gasteiger partial charge is 0.383 e. The van der Waals surface area contributed by atoms with Gasteiger partial charge in [0.05, 0.1) is 11.6 Å². The van der Waals surface area contributed by atoms with Crippen LogP contribution in [0.4, 0.5) is 19.0 Å². The van der Waals surface area contributed by atoms with E-state index in [2.05, 4.69) is 15.3 Å². The number of aromatic nitrogens is 1. The Morgan fingerprint density at radius 3 is 2.74 bits per heavy atom. The Hall–Kier alpha value is -3.10. The predicted octanol–water partition coefficient (Wildman–Crippen LogP) is 2.71. The summed E-state index contributed by atoms with van der Waals surface area (Å²) < 4.78 is 39.3. The number of alkyl halides is 3. The first-order valence-corrected chi connectivity index (χ1v) is 8.19. The second-order valence-corrected chi connectivity index (χ2v) is 6.13. The molecule has 0 bridgehead atoms. The van der Waals surface area contributed by atoms with Crippen molar-refractivity contribution in [2.75, 3.05) is 5.73 Å². The van der Waals surface area contributed by atoms with Crippen LogP contribution in [0.25, 0.3) is 5.57 Å². The molecular weight excluding hydrogens is 359 g/mol. The average Bonchev–Trinajstić information content (AvgIpc) is 2.91. The molecule has 1 aromatic rings. The number of allylic oxidation sites excluding steroid dienone is 3. The number of hydrogen-bond donors (Lipinski definition) is 2. The van der Waals surface area contributed by atoms with Gasteiger partial charge in [0.1, 0.15) is 17.8 Å². The van der Waals surface area contributed by atoms with Gasteiger partial charge in [-0.3, -0.25) is 4.79 Å². The van der Waals surface area contributed by atoms with E-state index in [1.165, 1.54) is 13.1 Å². The Labute approximate surface area is 154 Å². The third kappa shape index (κ3) is 3.71. The summed E-state index contributed by atoms with van der Waals surface area (Å²) in [4.78, 5) is 21.4. The monoisotopic (exact) mass is 377 g/mol. The number of nitrogens with zero attached hydrogens (tertiary/aromatic N) is 3. The zero-order valence-electron chi connectivity index (χ0n) is 14.7. The number of rotatable bonds is 3. The second-order valence-electron chi connectivity index (χ2n) is 6.13. The number of nitrogen functional groups attached to an aromatic ring is 1. The number of nitrogens with one attached hydrogen (secondary N) is 1. The van der Waals surface area contributed by atoms with Crippen LogP contribution in [0.5, 0.6) is 0 Å². The lowest BCUT2D eigenvalue weighted by atomic mass is 10.0. The van der Waals surface area contributed by atoms with Gasteiger partial charge in [0, 0.05) is 24.9 Å². The number of aliphatic imine (C=N–C) groups is 1. The van der Waals surface area contributed by atoms with Gasteiger partial charge in [0.15, 0.2) is 0 Å². The number of halogens is 3. The lowest BCUT2D eigenvalue weighted by Crippen LogP contribution is -2.43. The number of carbonyl (C=O) groups excluding carboxylic acids is 1. The molecule has 6 nitrogen and oxygen atoms in total. The van der Waals surface area contributed by atoms with Crippen LogP contribution >= 0.6 is 0 Å². The Kier molecular flexibility index (Phi) is 4.77. The van der Waals surface area contributed by atoms with Crippen LogP contribution in [0.2, 0.25) is 0 Å². The number of fused-ring (bicyclic) bond motifs is 1. The van der Waals surface area contributed by atoms with Crippen LogP contribution in [0.1, 0.15) is 25.0 Å². The number of pyridine rings is 1. The highest BCUT2D eigenvalue weighted by atomic mass is 19.4. The standard InChI is InChI=1S/C18H18F3N5O/c1-3-4-14-17(24-10(2)27)25-15-6-5-11(9-26(14)15)12-7-13(18(19,20)21)16(22)23-8-12/h3-9,14,17H,1-2H3,(H2,22,23)(H,24,27)/b4-3-. The number of nitrogens with two attached hydrogens (primary N) is 1. The van der Waals surface area contributed by atoms with Crippen LogP contribution in [-0.4, -0.2) is 33.8 Å². The quantitative estimate of drug-likeness (QED) is 0.794. The van der Waals surface area contributed by atoms with Gasteiger partial charge < -0.3 is 16.0 Å². The number of amidine groups is 1.